The molecule has 0 aromatic carbocycles. The first kappa shape index (κ1) is 13.6. The largest absolute Gasteiger partial charge is 0.396 e. The van der Waals surface area contributed by atoms with E-state index in [0.29, 0.717) is 19.4 Å². The Morgan fingerprint density at radius 1 is 1.38 bits per heavy atom. The summed E-state index contributed by atoms with van der Waals surface area (Å²) < 4.78 is 25.5. The Bertz CT molecular complexity index is 411. The number of rotatable bonds is 7. The number of unbranched alkanes of at least 4 members (excludes halogenated alkanes) is 1. The molecule has 0 fully saturated rings. The lowest BCUT2D eigenvalue weighted by molar-refractivity contribution is 0.287. The van der Waals surface area contributed by atoms with Gasteiger partial charge in [-0.1, -0.05) is 0 Å². The summed E-state index contributed by atoms with van der Waals surface area (Å²) in [6.45, 7) is 2.39. The van der Waals surface area contributed by atoms with Crippen LogP contribution in [-0.4, -0.2) is 25.9 Å². The topological polar surface area (TPSA) is 66.4 Å². The number of sulfonamides is 1. The quantitative estimate of drug-likeness (QED) is 0.728. The highest BCUT2D eigenvalue weighted by Gasteiger charge is 2.09. The van der Waals surface area contributed by atoms with Crippen molar-refractivity contribution in [2.75, 3.05) is 12.4 Å². The Morgan fingerprint density at radius 2 is 2.12 bits per heavy atom. The van der Waals surface area contributed by atoms with Crippen LogP contribution in [0.4, 0.5) is 0 Å². The number of thiophene rings is 1. The van der Waals surface area contributed by atoms with Gasteiger partial charge in [0.25, 0.3) is 0 Å². The van der Waals surface area contributed by atoms with Gasteiger partial charge in [-0.2, -0.15) is 0 Å². The lowest BCUT2D eigenvalue weighted by Gasteiger charge is -2.04. The number of aryl methyl sites for hydroxylation is 1. The van der Waals surface area contributed by atoms with Gasteiger partial charge in [-0.25, -0.2) is 13.1 Å². The van der Waals surface area contributed by atoms with Gasteiger partial charge >= 0.3 is 0 Å². The minimum atomic E-state index is -3.20. The molecule has 0 aliphatic rings. The van der Waals surface area contributed by atoms with Crippen molar-refractivity contribution in [3.8, 4) is 0 Å². The first-order valence-corrected chi connectivity index (χ1v) is 7.64. The Morgan fingerprint density at radius 3 is 2.69 bits per heavy atom. The highest BCUT2D eigenvalue weighted by molar-refractivity contribution is 7.89. The van der Waals surface area contributed by atoms with Gasteiger partial charge in [-0.15, -0.1) is 11.3 Å². The van der Waals surface area contributed by atoms with Crippen molar-refractivity contribution >= 4 is 21.4 Å². The first-order chi connectivity index (χ1) is 7.53. The molecular formula is C10H17NO3S2. The van der Waals surface area contributed by atoms with E-state index >= 15 is 0 Å². The molecule has 0 unspecified atom stereocenters. The van der Waals surface area contributed by atoms with Gasteiger partial charge in [-0.05, 0) is 31.9 Å². The Hall–Kier alpha value is -0.430. The second kappa shape index (κ2) is 6.34. The maximum atomic E-state index is 11.5. The summed E-state index contributed by atoms with van der Waals surface area (Å²) >= 11 is 1.59. The lowest BCUT2D eigenvalue weighted by Crippen LogP contribution is -2.25. The fourth-order valence-corrected chi connectivity index (χ4v) is 3.26. The molecular weight excluding hydrogens is 246 g/mol. The highest BCUT2D eigenvalue weighted by Crippen LogP contribution is 2.14. The van der Waals surface area contributed by atoms with Crippen molar-refractivity contribution in [1.29, 1.82) is 0 Å². The molecule has 0 atom stereocenters. The predicted octanol–water partition coefficient (Wildman–Crippen LogP) is 1.25. The Labute approximate surface area is 100 Å². The van der Waals surface area contributed by atoms with E-state index in [9.17, 15) is 8.42 Å². The van der Waals surface area contributed by atoms with Gasteiger partial charge in [0.1, 0.15) is 0 Å². The third-order valence-electron chi connectivity index (χ3n) is 2.08. The number of hydrogen-bond acceptors (Lipinski definition) is 4. The van der Waals surface area contributed by atoms with E-state index in [1.165, 1.54) is 4.88 Å². The number of aliphatic hydroxyl groups is 1. The average molecular weight is 263 g/mol. The summed E-state index contributed by atoms with van der Waals surface area (Å²) in [6.07, 6.45) is 1.02. The number of hydrogen-bond donors (Lipinski definition) is 2. The van der Waals surface area contributed by atoms with Crippen molar-refractivity contribution in [2.45, 2.75) is 26.3 Å². The number of aliphatic hydroxyl groups excluding tert-OH is 1. The molecule has 16 heavy (non-hydrogen) atoms. The van der Waals surface area contributed by atoms with Gasteiger partial charge in [-0.3, -0.25) is 0 Å². The third kappa shape index (κ3) is 5.07. The maximum Gasteiger partial charge on any atom is 0.211 e. The zero-order chi connectivity index (χ0) is 12.0. The summed E-state index contributed by atoms with van der Waals surface area (Å²) in [5, 5.41) is 8.56. The molecule has 1 aromatic heterocycles. The minimum Gasteiger partial charge on any atom is -0.396 e. The van der Waals surface area contributed by atoms with Crippen LogP contribution in [0.5, 0.6) is 0 Å². The summed E-state index contributed by atoms with van der Waals surface area (Å²) in [5.74, 6) is 0.0813. The minimum absolute atomic E-state index is 0.0413. The van der Waals surface area contributed by atoms with E-state index in [4.69, 9.17) is 5.11 Å². The molecule has 2 N–H and O–H groups in total. The van der Waals surface area contributed by atoms with Crippen molar-refractivity contribution in [1.82, 2.24) is 4.72 Å². The van der Waals surface area contributed by atoms with Crippen molar-refractivity contribution < 1.29 is 13.5 Å². The third-order valence-corrected chi connectivity index (χ3v) is 4.49. The molecule has 1 heterocycles. The van der Waals surface area contributed by atoms with Gasteiger partial charge < -0.3 is 5.11 Å². The van der Waals surface area contributed by atoms with Crippen LogP contribution in [0.3, 0.4) is 0 Å². The zero-order valence-corrected chi connectivity index (χ0v) is 10.9. The molecule has 0 aliphatic carbocycles. The second-order valence-electron chi connectivity index (χ2n) is 3.58. The van der Waals surface area contributed by atoms with Crippen LogP contribution in [0.1, 0.15) is 22.6 Å². The van der Waals surface area contributed by atoms with Crippen LogP contribution < -0.4 is 4.72 Å². The molecule has 0 bridgehead atoms. The molecule has 6 heteroatoms. The summed E-state index contributed by atoms with van der Waals surface area (Å²) in [4.78, 5) is 2.19. The molecule has 4 nitrogen and oxygen atoms in total. The normalized spacial score (nSPS) is 11.9. The van der Waals surface area contributed by atoms with Gasteiger partial charge in [0.05, 0.1) is 5.75 Å². The molecule has 1 aromatic rings. The molecule has 0 radical (unpaired) electrons. The zero-order valence-electron chi connectivity index (χ0n) is 9.27. The number of nitrogens with one attached hydrogen (secondary N) is 1. The molecule has 1 rings (SSSR count). The van der Waals surface area contributed by atoms with E-state index in [1.807, 2.05) is 19.1 Å². The summed E-state index contributed by atoms with van der Waals surface area (Å²) in [7, 11) is -3.20. The Balaban J connectivity index is 2.36. The second-order valence-corrected chi connectivity index (χ2v) is 6.88. The summed E-state index contributed by atoms with van der Waals surface area (Å²) in [5.41, 5.74) is 0. The smallest absolute Gasteiger partial charge is 0.211 e. The van der Waals surface area contributed by atoms with Crippen molar-refractivity contribution in [2.24, 2.45) is 0 Å². The maximum absolute atomic E-state index is 11.5. The first-order valence-electron chi connectivity index (χ1n) is 5.17. The van der Waals surface area contributed by atoms with Crippen LogP contribution in [0, 0.1) is 6.92 Å². The molecule has 0 aliphatic heterocycles. The standard InChI is InChI=1S/C10H17NO3S2/c1-9-4-5-10(15-9)8-11-16(13,14)7-3-2-6-12/h4-5,11-12H,2-3,6-8H2,1H3. The van der Waals surface area contributed by atoms with Crippen LogP contribution in [0.15, 0.2) is 12.1 Å². The van der Waals surface area contributed by atoms with Gasteiger partial charge in [0, 0.05) is 22.9 Å². The van der Waals surface area contributed by atoms with Crippen LogP contribution >= 0.6 is 11.3 Å². The van der Waals surface area contributed by atoms with E-state index in [2.05, 4.69) is 4.72 Å². The van der Waals surface area contributed by atoms with E-state index in [-0.39, 0.29) is 12.4 Å². The van der Waals surface area contributed by atoms with E-state index < -0.39 is 10.0 Å². The predicted molar refractivity (Wildman–Crippen MR) is 66.0 cm³/mol. The molecule has 0 saturated carbocycles. The molecule has 92 valence electrons. The Kier molecular flexibility index (Phi) is 5.40. The van der Waals surface area contributed by atoms with Crippen LogP contribution in [0.25, 0.3) is 0 Å². The average Bonchev–Trinajstić information content (AvgIpc) is 2.62. The molecule has 0 amide bonds. The van der Waals surface area contributed by atoms with E-state index in [1.54, 1.807) is 11.3 Å². The van der Waals surface area contributed by atoms with E-state index in [0.717, 1.165) is 4.88 Å². The van der Waals surface area contributed by atoms with Crippen LogP contribution in [-0.2, 0) is 16.6 Å². The van der Waals surface area contributed by atoms with Crippen LogP contribution in [0.2, 0.25) is 0 Å². The van der Waals surface area contributed by atoms with Gasteiger partial charge in [0.2, 0.25) is 10.0 Å². The summed E-state index contributed by atoms with van der Waals surface area (Å²) in [6, 6.07) is 3.90. The fourth-order valence-electron chi connectivity index (χ4n) is 1.24. The van der Waals surface area contributed by atoms with Crippen molar-refractivity contribution in [3.05, 3.63) is 21.9 Å². The van der Waals surface area contributed by atoms with Gasteiger partial charge in [0.15, 0.2) is 0 Å². The highest BCUT2D eigenvalue weighted by atomic mass is 32.2. The molecule has 0 saturated heterocycles. The molecule has 0 spiro atoms. The SMILES string of the molecule is Cc1ccc(CNS(=O)(=O)CCCCO)s1. The lowest BCUT2D eigenvalue weighted by atomic mass is 10.4. The fraction of sp³-hybridized carbons (Fsp3) is 0.600. The monoisotopic (exact) mass is 263 g/mol. The van der Waals surface area contributed by atoms with Crippen molar-refractivity contribution in [3.63, 3.8) is 0 Å².